The highest BCUT2D eigenvalue weighted by Crippen LogP contribution is 2.38. The number of nitrogens with zero attached hydrogens (tertiary/aromatic N) is 9. The second kappa shape index (κ2) is 54.0. The van der Waals surface area contributed by atoms with E-state index in [1.54, 1.807) is 38.1 Å². The normalized spacial score (nSPS) is 15.9. The third-order valence-electron chi connectivity index (χ3n) is 23.2. The summed E-state index contributed by atoms with van der Waals surface area (Å²) >= 11 is 9.14. The summed E-state index contributed by atoms with van der Waals surface area (Å²) in [5.41, 5.74) is 10.8. The van der Waals surface area contributed by atoms with E-state index < -0.39 is 47.8 Å². The molecule has 6 N–H and O–H groups in total. The van der Waals surface area contributed by atoms with Gasteiger partial charge in [0.2, 0.25) is 23.6 Å². The molecule has 6 heterocycles. The summed E-state index contributed by atoms with van der Waals surface area (Å²) in [7, 11) is 0. The molecule has 28 nitrogen and oxygen atoms in total. The number of fused-ring (bicyclic) bond motifs is 1. The van der Waals surface area contributed by atoms with Gasteiger partial charge in [0.25, 0.3) is 11.8 Å². The summed E-state index contributed by atoms with van der Waals surface area (Å²) in [6, 6.07) is 66.3. The molecule has 31 heteroatoms. The van der Waals surface area contributed by atoms with Crippen LogP contribution in [0.25, 0.3) is 33.6 Å². The van der Waals surface area contributed by atoms with Crippen LogP contribution < -0.4 is 16.6 Å². The number of carboxylic acid groups (broad SMARTS) is 1. The van der Waals surface area contributed by atoms with Crippen LogP contribution in [0.5, 0.6) is 0 Å². The van der Waals surface area contributed by atoms with E-state index in [4.69, 9.17) is 36.4 Å². The number of carbonyl (C=O) groups is 10. The van der Waals surface area contributed by atoms with E-state index in [9.17, 15) is 47.9 Å². The summed E-state index contributed by atoms with van der Waals surface area (Å²) in [6.45, 7) is 27.3. The van der Waals surface area contributed by atoms with Gasteiger partial charge in [0.15, 0.2) is 11.6 Å². The third kappa shape index (κ3) is 30.6. The number of aliphatic carboxylic acids is 1. The van der Waals surface area contributed by atoms with Crippen LogP contribution in [0.1, 0.15) is 186 Å². The molecular formula is C101H122ClI2N13O15. The minimum absolute atomic E-state index is 0.0117. The van der Waals surface area contributed by atoms with Crippen molar-refractivity contribution in [1.82, 2.24) is 60.2 Å². The number of ether oxygens (including phenoxy) is 3. The molecule has 6 atom stereocenters. The zero-order valence-corrected chi connectivity index (χ0v) is 81.6. The molecule has 0 aliphatic carbocycles. The predicted molar refractivity (Wildman–Crippen MR) is 527 cm³/mol. The molecule has 702 valence electrons. The number of benzene rings is 8. The number of halogens is 3. The van der Waals surface area contributed by atoms with Crippen molar-refractivity contribution in [2.45, 2.75) is 176 Å². The molecule has 14 rings (SSSR count). The van der Waals surface area contributed by atoms with Crippen molar-refractivity contribution in [3.63, 3.8) is 0 Å². The molecule has 6 amide bonds. The quantitative estimate of drug-likeness (QED) is 0.00697. The van der Waals surface area contributed by atoms with Gasteiger partial charge in [-0.15, -0.1) is 10.2 Å². The zero-order valence-electron chi connectivity index (χ0n) is 76.5. The first-order valence-corrected chi connectivity index (χ1v) is 47.6. The minimum Gasteiger partial charge on any atom is -0.480 e. The van der Waals surface area contributed by atoms with E-state index in [0.717, 1.165) is 115 Å². The lowest BCUT2D eigenvalue weighted by molar-refractivity contribution is -0.142. The van der Waals surface area contributed by atoms with E-state index in [2.05, 4.69) is 151 Å². The van der Waals surface area contributed by atoms with Crippen LogP contribution in [0.3, 0.4) is 0 Å². The van der Waals surface area contributed by atoms with Crippen LogP contribution in [-0.4, -0.2) is 216 Å². The lowest BCUT2D eigenvalue weighted by Gasteiger charge is -2.34. The van der Waals surface area contributed by atoms with Gasteiger partial charge in [0.1, 0.15) is 37.4 Å². The SMILES string of the molecule is CC(C)OC(=O)Cl.CCN(CC)CC.CCN(CC)[C@@H](C(=O)N1CCC[C@H]1C(=O)Cc1ccc2[nH]c(-c3ccc(-c4nnc([C@@H]5CCCN5C(=O)[C@@H](c5ccccc5)N(CC)CC)o4)cc3)cc2c1)c1ccccc1.NNC(=O)c1ccc(I)cc1.O=C(NCC(=O)[C@@H]1CCCN1C(=O)OCc1ccccc1)c1ccc(I)cc1.O=C(O)[C@@H]1CCCN1C(=O)OCc1ccccc1. The van der Waals surface area contributed by atoms with Gasteiger partial charge in [-0.25, -0.2) is 25.0 Å². The number of ketones is 2. The first kappa shape index (κ1) is 104. The van der Waals surface area contributed by atoms with Gasteiger partial charge < -0.3 is 48.7 Å². The predicted octanol–water partition coefficient (Wildman–Crippen LogP) is 18.1. The number of carboxylic acids is 1. The molecule has 4 saturated heterocycles. The number of carbonyl (C=O) groups excluding carboxylic acids is 9. The van der Waals surface area contributed by atoms with Crippen LogP contribution in [-0.2, 0) is 57.8 Å². The number of aromatic nitrogens is 3. The van der Waals surface area contributed by atoms with Gasteiger partial charge in [-0.1, -0.05) is 188 Å². The number of hydrogen-bond acceptors (Lipinski definition) is 20. The maximum atomic E-state index is 14.2. The van der Waals surface area contributed by atoms with Crippen molar-refractivity contribution in [2.75, 3.05) is 78.5 Å². The van der Waals surface area contributed by atoms with Crippen LogP contribution in [0, 0.1) is 7.14 Å². The Kier molecular flexibility index (Phi) is 42.8. The maximum absolute atomic E-state index is 14.2. The van der Waals surface area contributed by atoms with Gasteiger partial charge in [0, 0.05) is 84.6 Å². The number of hydrogen-bond donors (Lipinski definition) is 5. The number of nitrogens with one attached hydrogen (secondary N) is 3. The van der Waals surface area contributed by atoms with E-state index in [1.165, 1.54) is 29.4 Å². The molecule has 0 spiro atoms. The fraction of sp³-hybridized carbons (Fsp3) is 0.386. The summed E-state index contributed by atoms with van der Waals surface area (Å²) in [6.07, 6.45) is 4.79. The zero-order chi connectivity index (χ0) is 95.2. The maximum Gasteiger partial charge on any atom is 0.410 e. The molecule has 4 aliphatic heterocycles. The number of hydrazine groups is 1. The average molecular weight is 2050 g/mol. The van der Waals surface area contributed by atoms with Crippen molar-refractivity contribution in [1.29, 1.82) is 0 Å². The Labute approximate surface area is 805 Å². The molecule has 132 heavy (non-hydrogen) atoms. The number of rotatable bonds is 30. The van der Waals surface area contributed by atoms with Crippen LogP contribution in [0.4, 0.5) is 14.4 Å². The number of nitrogen functional groups attached to an aromatic ring is 1. The molecule has 10 aromatic rings. The molecule has 2 aromatic heterocycles. The highest BCUT2D eigenvalue weighted by Gasteiger charge is 2.42. The Bertz CT molecular complexity index is 5320. The topological polar surface area (TPSA) is 346 Å². The second-order valence-corrected chi connectivity index (χ2v) is 34.8. The van der Waals surface area contributed by atoms with Crippen molar-refractivity contribution >= 4 is 126 Å². The fourth-order valence-corrected chi connectivity index (χ4v) is 17.1. The minimum atomic E-state index is -0.968. The van der Waals surface area contributed by atoms with Crippen molar-refractivity contribution in [3.8, 4) is 22.7 Å². The Balaban J connectivity index is 0.000000224. The summed E-state index contributed by atoms with van der Waals surface area (Å²) in [5.74, 6) is 4.25. The van der Waals surface area contributed by atoms with E-state index in [-0.39, 0.29) is 79.6 Å². The molecule has 0 saturated carbocycles. The van der Waals surface area contributed by atoms with E-state index in [1.807, 2.05) is 192 Å². The van der Waals surface area contributed by atoms with Gasteiger partial charge in [-0.3, -0.25) is 53.8 Å². The Hall–Kier alpha value is -11.3. The molecule has 0 radical (unpaired) electrons. The summed E-state index contributed by atoms with van der Waals surface area (Å²) in [5, 5.41) is 21.5. The number of likely N-dealkylation sites (tertiary alicyclic amines) is 4. The number of amides is 6. The standard InChI is InChI=1S/C50H57N7O4.C21H21IN2O4.C13H15NO4.C7H7IN2O.C6H15N.C4H7ClO2/c1-5-54(6-2)45(36-17-11-9-12-18-36)49(59)56-29-15-21-42(56)44(58)32-34-23-28-40-39(31-34)33-41(51-40)35-24-26-38(27-25-35)47-52-53-48(61-47)43-22-16-30-57(43)50(60)46(55(7-3)8-4)37-19-13-10-14-20-37;22-17-10-8-16(9-11-17)20(26)23-13-19(25)18-7-4-12-24(18)21(27)28-14-15-5-2-1-3-6-15;15-12(16)11-7-4-8-14(11)13(17)18-9-10-5-2-1-3-6-10;8-6-3-1-5(2-4-6)7(11)10-9;1-4-7(5-2)6-3;1-3(2)7-4(5)6/h9-14,17-20,23-28,31,33,42-43,45-46,51H,5-8,15-16,21-22,29-30,32H2,1-4H3;1-3,5-6,8-11,18H,4,7,12-14H2,(H,23,26);1-3,5-6,11H,4,7-9H2,(H,15,16);1-4H,9H2,(H,10,11);4-6H2,1-3H3;3H,1-2H3/t42-,43-,45+,46+;18-;11-;;;/m000.../s1. The molecule has 8 aromatic carbocycles. The molecular weight excluding hydrogens is 1920 g/mol. The lowest BCUT2D eigenvalue weighted by atomic mass is 9.99. The summed E-state index contributed by atoms with van der Waals surface area (Å²) in [4.78, 5) is 140. The van der Waals surface area contributed by atoms with Crippen molar-refractivity contribution in [3.05, 3.63) is 270 Å². The average Bonchev–Trinajstić information content (AvgIpc) is 1.53. The highest BCUT2D eigenvalue weighted by molar-refractivity contribution is 14.1. The Morgan fingerprint density at radius 1 is 0.508 bits per heavy atom. The third-order valence-corrected chi connectivity index (χ3v) is 24.7. The van der Waals surface area contributed by atoms with E-state index in [0.29, 0.717) is 74.8 Å². The monoisotopic (exact) mass is 2050 g/mol. The van der Waals surface area contributed by atoms with Crippen LogP contribution >= 0.6 is 56.8 Å². The lowest BCUT2D eigenvalue weighted by Crippen LogP contribution is -2.47. The highest BCUT2D eigenvalue weighted by atomic mass is 127. The number of likely N-dealkylation sites (N-methyl/N-ethyl adjacent to an activating group) is 2. The van der Waals surface area contributed by atoms with E-state index >= 15 is 0 Å². The largest absolute Gasteiger partial charge is 0.480 e. The molecule has 4 aliphatic rings. The van der Waals surface area contributed by atoms with Gasteiger partial charge in [-0.05, 0) is 268 Å². The van der Waals surface area contributed by atoms with Gasteiger partial charge in [-0.2, -0.15) is 0 Å². The number of Topliss-reactive ketones (excluding diaryl/α,β-unsaturated/α-hetero) is 2. The summed E-state index contributed by atoms with van der Waals surface area (Å²) < 4.78 is 23.3. The number of aromatic amines is 1. The Morgan fingerprint density at radius 2 is 0.947 bits per heavy atom. The van der Waals surface area contributed by atoms with Crippen LogP contribution in [0.15, 0.2) is 223 Å². The first-order chi connectivity index (χ1) is 63.7. The molecule has 0 unspecified atom stereocenters. The smallest absolute Gasteiger partial charge is 0.410 e. The Morgan fingerprint density at radius 3 is 1.40 bits per heavy atom. The van der Waals surface area contributed by atoms with Crippen molar-refractivity contribution < 1.29 is 71.7 Å². The number of H-pyrrole nitrogens is 1. The van der Waals surface area contributed by atoms with Gasteiger partial charge in [0.05, 0.1) is 24.7 Å². The second-order valence-electron chi connectivity index (χ2n) is 32.0. The molecule has 4 fully saturated rings. The fourth-order valence-electron chi connectivity index (χ4n) is 16.2. The first-order valence-electron chi connectivity index (χ1n) is 45.1. The van der Waals surface area contributed by atoms with Gasteiger partial charge >= 0.3 is 23.6 Å². The van der Waals surface area contributed by atoms with Crippen LogP contribution in [0.2, 0.25) is 0 Å². The van der Waals surface area contributed by atoms with Crippen molar-refractivity contribution in [2.24, 2.45) is 5.84 Å². The number of nitrogens with two attached hydrogens (primary N) is 1. The molecule has 0 bridgehead atoms.